The third-order valence-electron chi connectivity index (χ3n) is 4.85. The van der Waals surface area contributed by atoms with Crippen LogP contribution in [0.25, 0.3) is 0 Å². The van der Waals surface area contributed by atoms with Crippen LogP contribution in [0.2, 0.25) is 0 Å². The molecule has 2 rings (SSSR count). The first-order valence-electron chi connectivity index (χ1n) is 9.19. The SMILES string of the molecule is CCCCC[C@H]1C[C@](CC(=O)OC)(C(=O)OC)N(Cc2ccccc2)O1. The topological polar surface area (TPSA) is 65.1 Å². The van der Waals surface area contributed by atoms with Gasteiger partial charge in [0.05, 0.1) is 33.3 Å². The number of nitrogens with zero attached hydrogens (tertiary/aromatic N) is 1. The van der Waals surface area contributed by atoms with E-state index in [0.29, 0.717) is 13.0 Å². The fraction of sp³-hybridized carbons (Fsp3) is 0.600. The molecule has 2 atom stereocenters. The van der Waals surface area contributed by atoms with Gasteiger partial charge in [-0.2, -0.15) is 5.06 Å². The summed E-state index contributed by atoms with van der Waals surface area (Å²) in [6.07, 6.45) is 4.31. The Morgan fingerprint density at radius 1 is 1.19 bits per heavy atom. The molecule has 0 amide bonds. The first-order valence-corrected chi connectivity index (χ1v) is 9.19. The molecule has 0 unspecified atom stereocenters. The fourth-order valence-corrected chi connectivity index (χ4v) is 3.43. The Balaban J connectivity index is 2.26. The van der Waals surface area contributed by atoms with Gasteiger partial charge in [-0.15, -0.1) is 0 Å². The van der Waals surface area contributed by atoms with Crippen LogP contribution in [0.4, 0.5) is 0 Å². The first-order chi connectivity index (χ1) is 12.6. The van der Waals surface area contributed by atoms with Crippen molar-refractivity contribution >= 4 is 11.9 Å². The lowest BCUT2D eigenvalue weighted by Gasteiger charge is -2.32. The molecule has 1 heterocycles. The maximum Gasteiger partial charge on any atom is 0.329 e. The number of hydrogen-bond acceptors (Lipinski definition) is 6. The Morgan fingerprint density at radius 2 is 1.92 bits per heavy atom. The number of hydroxylamine groups is 2. The van der Waals surface area contributed by atoms with Crippen molar-refractivity contribution in [1.29, 1.82) is 0 Å². The molecule has 1 aromatic rings. The van der Waals surface area contributed by atoms with Crippen LogP contribution in [0.15, 0.2) is 30.3 Å². The zero-order chi connectivity index (χ0) is 19.0. The molecule has 1 aliphatic heterocycles. The molecule has 144 valence electrons. The number of methoxy groups -OCH3 is 2. The van der Waals surface area contributed by atoms with Gasteiger partial charge in [0, 0.05) is 6.42 Å². The molecule has 1 aromatic carbocycles. The van der Waals surface area contributed by atoms with Gasteiger partial charge in [-0.05, 0) is 12.0 Å². The maximum absolute atomic E-state index is 12.7. The molecule has 0 bridgehead atoms. The largest absolute Gasteiger partial charge is 0.469 e. The van der Waals surface area contributed by atoms with Crippen LogP contribution in [0.1, 0.15) is 51.0 Å². The van der Waals surface area contributed by atoms with Crippen molar-refractivity contribution in [3.8, 4) is 0 Å². The highest BCUT2D eigenvalue weighted by Gasteiger charge is 2.55. The predicted molar refractivity (Wildman–Crippen MR) is 97.0 cm³/mol. The van der Waals surface area contributed by atoms with E-state index < -0.39 is 17.5 Å². The summed E-state index contributed by atoms with van der Waals surface area (Å²) in [5, 5.41) is 1.63. The second-order valence-electron chi connectivity index (χ2n) is 6.73. The van der Waals surface area contributed by atoms with Crippen molar-refractivity contribution in [2.24, 2.45) is 0 Å². The molecular weight excluding hydrogens is 334 g/mol. The normalized spacial score (nSPS) is 23.0. The minimum absolute atomic E-state index is 0.0900. The molecule has 0 aliphatic carbocycles. The molecule has 0 N–H and O–H groups in total. The Bertz CT molecular complexity index is 591. The molecule has 1 fully saturated rings. The number of unbranched alkanes of at least 4 members (excludes halogenated alkanes) is 2. The molecule has 0 aromatic heterocycles. The van der Waals surface area contributed by atoms with E-state index in [4.69, 9.17) is 14.3 Å². The number of carbonyl (C=O) groups is 2. The van der Waals surface area contributed by atoms with Crippen LogP contribution in [0.3, 0.4) is 0 Å². The first kappa shape index (κ1) is 20.4. The van der Waals surface area contributed by atoms with Crippen molar-refractivity contribution in [3.63, 3.8) is 0 Å². The highest BCUT2D eigenvalue weighted by Crippen LogP contribution is 2.39. The summed E-state index contributed by atoms with van der Waals surface area (Å²) < 4.78 is 9.89. The van der Waals surface area contributed by atoms with E-state index in [2.05, 4.69) is 6.92 Å². The molecule has 6 nitrogen and oxygen atoms in total. The van der Waals surface area contributed by atoms with Crippen LogP contribution in [-0.2, 0) is 30.4 Å². The summed E-state index contributed by atoms with van der Waals surface area (Å²) in [4.78, 5) is 30.9. The summed E-state index contributed by atoms with van der Waals surface area (Å²) in [5.41, 5.74) is -0.158. The van der Waals surface area contributed by atoms with E-state index >= 15 is 0 Å². The van der Waals surface area contributed by atoms with Gasteiger partial charge in [-0.3, -0.25) is 9.63 Å². The van der Waals surface area contributed by atoms with Crippen LogP contribution >= 0.6 is 0 Å². The monoisotopic (exact) mass is 363 g/mol. The smallest absolute Gasteiger partial charge is 0.329 e. The molecule has 6 heteroatoms. The summed E-state index contributed by atoms with van der Waals surface area (Å²) in [5.74, 6) is -0.914. The lowest BCUT2D eigenvalue weighted by atomic mass is 9.87. The second-order valence-corrected chi connectivity index (χ2v) is 6.73. The lowest BCUT2D eigenvalue weighted by molar-refractivity contribution is -0.211. The number of ether oxygens (including phenoxy) is 2. The average Bonchev–Trinajstić information content (AvgIpc) is 3.00. The van der Waals surface area contributed by atoms with Crippen LogP contribution in [-0.4, -0.2) is 42.9 Å². The van der Waals surface area contributed by atoms with Gasteiger partial charge >= 0.3 is 11.9 Å². The van der Waals surface area contributed by atoms with E-state index in [-0.39, 0.29) is 12.5 Å². The van der Waals surface area contributed by atoms with Crippen LogP contribution in [0, 0.1) is 0 Å². The maximum atomic E-state index is 12.7. The van der Waals surface area contributed by atoms with Crippen LogP contribution < -0.4 is 0 Å². The van der Waals surface area contributed by atoms with E-state index in [9.17, 15) is 9.59 Å². The molecule has 1 saturated heterocycles. The Morgan fingerprint density at radius 3 is 2.54 bits per heavy atom. The number of esters is 2. The zero-order valence-corrected chi connectivity index (χ0v) is 15.9. The van der Waals surface area contributed by atoms with E-state index in [1.165, 1.54) is 14.2 Å². The molecule has 0 saturated carbocycles. The third kappa shape index (κ3) is 4.83. The third-order valence-corrected chi connectivity index (χ3v) is 4.85. The van der Waals surface area contributed by atoms with E-state index in [0.717, 1.165) is 31.2 Å². The summed E-state index contributed by atoms with van der Waals surface area (Å²) >= 11 is 0. The molecule has 0 spiro atoms. The second kappa shape index (κ2) is 9.69. The Labute approximate surface area is 155 Å². The Hall–Kier alpha value is -1.92. The summed E-state index contributed by atoms with van der Waals surface area (Å²) in [7, 11) is 2.66. The number of hydrogen-bond donors (Lipinski definition) is 0. The number of benzene rings is 1. The minimum atomic E-state index is -1.16. The van der Waals surface area contributed by atoms with Gasteiger partial charge in [-0.1, -0.05) is 56.5 Å². The minimum Gasteiger partial charge on any atom is -0.469 e. The highest BCUT2D eigenvalue weighted by atomic mass is 16.7. The van der Waals surface area contributed by atoms with Crippen molar-refractivity contribution in [2.45, 2.75) is 63.6 Å². The fourth-order valence-electron chi connectivity index (χ4n) is 3.43. The molecule has 26 heavy (non-hydrogen) atoms. The van der Waals surface area contributed by atoms with Crippen LogP contribution in [0.5, 0.6) is 0 Å². The number of rotatable bonds is 9. The van der Waals surface area contributed by atoms with Gasteiger partial charge in [-0.25, -0.2) is 4.79 Å². The van der Waals surface area contributed by atoms with Gasteiger partial charge < -0.3 is 9.47 Å². The molecule has 1 aliphatic rings. The quantitative estimate of drug-likeness (QED) is 0.496. The van der Waals surface area contributed by atoms with Gasteiger partial charge in [0.15, 0.2) is 5.54 Å². The summed E-state index contributed by atoms with van der Waals surface area (Å²) in [6.45, 7) is 2.55. The van der Waals surface area contributed by atoms with Gasteiger partial charge in [0.1, 0.15) is 0 Å². The van der Waals surface area contributed by atoms with Gasteiger partial charge in [0.2, 0.25) is 0 Å². The van der Waals surface area contributed by atoms with Crippen molar-refractivity contribution in [2.75, 3.05) is 14.2 Å². The lowest BCUT2D eigenvalue weighted by Crippen LogP contribution is -2.51. The van der Waals surface area contributed by atoms with Crippen molar-refractivity contribution in [1.82, 2.24) is 5.06 Å². The zero-order valence-electron chi connectivity index (χ0n) is 15.9. The highest BCUT2D eigenvalue weighted by molar-refractivity contribution is 5.87. The Kier molecular flexibility index (Phi) is 7.60. The van der Waals surface area contributed by atoms with E-state index in [1.54, 1.807) is 5.06 Å². The van der Waals surface area contributed by atoms with Crippen molar-refractivity contribution in [3.05, 3.63) is 35.9 Å². The standard InChI is InChI=1S/C20H29NO5/c1-4-5-7-12-17-13-20(19(23)25-3,14-18(22)24-2)21(26-17)15-16-10-8-6-9-11-16/h6,8-11,17H,4-5,7,12-15H2,1-3H3/t17-,20-/m0/s1. The molecule has 0 radical (unpaired) electrons. The predicted octanol–water partition coefficient (Wildman–Crippen LogP) is 3.25. The number of carbonyl (C=O) groups excluding carboxylic acids is 2. The molecular formula is C20H29NO5. The van der Waals surface area contributed by atoms with Crippen molar-refractivity contribution < 1.29 is 23.9 Å². The van der Waals surface area contributed by atoms with E-state index in [1.807, 2.05) is 30.3 Å². The average molecular weight is 363 g/mol. The van der Waals surface area contributed by atoms with Gasteiger partial charge in [0.25, 0.3) is 0 Å². The summed E-state index contributed by atoms with van der Waals surface area (Å²) in [6, 6.07) is 9.74.